The predicted octanol–water partition coefficient (Wildman–Crippen LogP) is 2.50. The van der Waals surface area contributed by atoms with Gasteiger partial charge in [-0.1, -0.05) is 12.1 Å². The third kappa shape index (κ3) is 3.39. The number of carbonyl (C=O) groups is 1. The van der Waals surface area contributed by atoms with Crippen molar-refractivity contribution in [2.75, 3.05) is 31.1 Å². The number of carbonyl (C=O) groups excluding carboxylic acids is 1. The molecule has 1 fully saturated rings. The van der Waals surface area contributed by atoms with Gasteiger partial charge in [0.1, 0.15) is 5.82 Å². The van der Waals surface area contributed by atoms with Gasteiger partial charge in [0.25, 0.3) is 5.91 Å². The van der Waals surface area contributed by atoms with Crippen molar-refractivity contribution < 1.29 is 4.79 Å². The molecular formula is C20H19N5O. The Labute approximate surface area is 152 Å². The molecule has 0 spiro atoms. The molecule has 0 aromatic carbocycles. The lowest BCUT2D eigenvalue weighted by molar-refractivity contribution is 0.0746. The second-order valence-electron chi connectivity index (χ2n) is 6.11. The standard InChI is InChI=1S/C20H19N5O/c26-20(16-7-8-18(23-15-16)17-5-1-3-9-21-17)25-13-11-24(12-14-25)19-6-2-4-10-22-19/h1-10,15H,11-14H2. The van der Waals surface area contributed by atoms with Crippen LogP contribution in [-0.4, -0.2) is 51.9 Å². The summed E-state index contributed by atoms with van der Waals surface area (Å²) in [4.78, 5) is 29.9. The van der Waals surface area contributed by atoms with Crippen molar-refractivity contribution in [1.29, 1.82) is 0 Å². The first kappa shape index (κ1) is 16.2. The van der Waals surface area contributed by atoms with E-state index in [1.807, 2.05) is 53.4 Å². The van der Waals surface area contributed by atoms with Crippen LogP contribution in [0, 0.1) is 0 Å². The van der Waals surface area contributed by atoms with Gasteiger partial charge in [-0.2, -0.15) is 0 Å². The zero-order valence-corrected chi connectivity index (χ0v) is 14.3. The smallest absolute Gasteiger partial charge is 0.255 e. The molecule has 1 aliphatic rings. The lowest BCUT2D eigenvalue weighted by Crippen LogP contribution is -2.49. The predicted molar refractivity (Wildman–Crippen MR) is 99.8 cm³/mol. The van der Waals surface area contributed by atoms with Crippen LogP contribution in [0.3, 0.4) is 0 Å². The van der Waals surface area contributed by atoms with E-state index in [4.69, 9.17) is 0 Å². The van der Waals surface area contributed by atoms with E-state index in [0.29, 0.717) is 18.7 Å². The molecule has 1 aliphatic heterocycles. The molecule has 26 heavy (non-hydrogen) atoms. The third-order valence-electron chi connectivity index (χ3n) is 4.48. The summed E-state index contributed by atoms with van der Waals surface area (Å²) >= 11 is 0. The largest absolute Gasteiger partial charge is 0.353 e. The topological polar surface area (TPSA) is 62.2 Å². The van der Waals surface area contributed by atoms with Crippen molar-refractivity contribution >= 4 is 11.7 Å². The second kappa shape index (κ2) is 7.31. The maximum absolute atomic E-state index is 12.7. The summed E-state index contributed by atoms with van der Waals surface area (Å²) in [5, 5.41) is 0. The first-order valence-electron chi connectivity index (χ1n) is 8.64. The van der Waals surface area contributed by atoms with Crippen LogP contribution in [0.5, 0.6) is 0 Å². The zero-order chi connectivity index (χ0) is 17.8. The van der Waals surface area contributed by atoms with Gasteiger partial charge in [-0.15, -0.1) is 0 Å². The van der Waals surface area contributed by atoms with E-state index in [9.17, 15) is 4.79 Å². The highest BCUT2D eigenvalue weighted by Gasteiger charge is 2.23. The highest BCUT2D eigenvalue weighted by molar-refractivity contribution is 5.94. The van der Waals surface area contributed by atoms with Crippen LogP contribution in [0.2, 0.25) is 0 Å². The van der Waals surface area contributed by atoms with Crippen LogP contribution in [0.4, 0.5) is 5.82 Å². The fraction of sp³-hybridized carbons (Fsp3) is 0.200. The summed E-state index contributed by atoms with van der Waals surface area (Å²) in [6, 6.07) is 15.2. The second-order valence-corrected chi connectivity index (χ2v) is 6.11. The molecule has 0 N–H and O–H groups in total. The summed E-state index contributed by atoms with van der Waals surface area (Å²) in [6.45, 7) is 2.92. The van der Waals surface area contributed by atoms with Gasteiger partial charge in [0.05, 0.1) is 17.0 Å². The van der Waals surface area contributed by atoms with E-state index in [1.54, 1.807) is 18.6 Å². The molecule has 0 saturated carbocycles. The maximum atomic E-state index is 12.7. The molecule has 0 unspecified atom stereocenters. The SMILES string of the molecule is O=C(c1ccc(-c2ccccn2)nc1)N1CCN(c2ccccn2)CC1. The van der Waals surface area contributed by atoms with Crippen LogP contribution in [-0.2, 0) is 0 Å². The summed E-state index contributed by atoms with van der Waals surface area (Å²) in [5.74, 6) is 0.978. The van der Waals surface area contributed by atoms with E-state index in [1.165, 1.54) is 0 Å². The van der Waals surface area contributed by atoms with Crippen molar-refractivity contribution in [3.8, 4) is 11.4 Å². The highest BCUT2D eigenvalue weighted by Crippen LogP contribution is 2.17. The van der Waals surface area contributed by atoms with Crippen LogP contribution in [0.15, 0.2) is 67.1 Å². The minimum Gasteiger partial charge on any atom is -0.353 e. The Morgan fingerprint density at radius 1 is 0.769 bits per heavy atom. The van der Waals surface area contributed by atoms with Crippen molar-refractivity contribution in [2.45, 2.75) is 0 Å². The monoisotopic (exact) mass is 345 g/mol. The van der Waals surface area contributed by atoms with E-state index in [-0.39, 0.29) is 5.91 Å². The minimum atomic E-state index is 0.0192. The lowest BCUT2D eigenvalue weighted by Gasteiger charge is -2.35. The number of hydrogen-bond acceptors (Lipinski definition) is 5. The van der Waals surface area contributed by atoms with Gasteiger partial charge >= 0.3 is 0 Å². The van der Waals surface area contributed by atoms with Crippen LogP contribution in [0.1, 0.15) is 10.4 Å². The number of nitrogens with zero attached hydrogens (tertiary/aromatic N) is 5. The van der Waals surface area contributed by atoms with E-state index in [0.717, 1.165) is 30.3 Å². The van der Waals surface area contributed by atoms with E-state index in [2.05, 4.69) is 19.9 Å². The number of piperazine rings is 1. The molecule has 4 rings (SSSR count). The quantitative estimate of drug-likeness (QED) is 0.730. The fourth-order valence-electron chi connectivity index (χ4n) is 3.05. The van der Waals surface area contributed by atoms with E-state index >= 15 is 0 Å². The molecular weight excluding hydrogens is 326 g/mol. The number of anilines is 1. The molecule has 6 nitrogen and oxygen atoms in total. The number of pyridine rings is 3. The average Bonchev–Trinajstić information content (AvgIpc) is 2.75. The normalized spacial score (nSPS) is 14.3. The van der Waals surface area contributed by atoms with Crippen molar-refractivity contribution in [2.24, 2.45) is 0 Å². The molecule has 4 heterocycles. The highest BCUT2D eigenvalue weighted by atomic mass is 16.2. The first-order valence-corrected chi connectivity index (χ1v) is 8.64. The Bertz CT molecular complexity index is 860. The molecule has 0 bridgehead atoms. The Hall–Kier alpha value is -3.28. The Kier molecular flexibility index (Phi) is 4.55. The number of hydrogen-bond donors (Lipinski definition) is 0. The summed E-state index contributed by atoms with van der Waals surface area (Å²) in [7, 11) is 0. The Morgan fingerprint density at radius 3 is 2.12 bits per heavy atom. The summed E-state index contributed by atoms with van der Waals surface area (Å²) in [5.41, 5.74) is 2.17. The maximum Gasteiger partial charge on any atom is 0.255 e. The Morgan fingerprint density at radius 2 is 1.50 bits per heavy atom. The van der Waals surface area contributed by atoms with Gasteiger partial charge in [-0.25, -0.2) is 4.98 Å². The first-order chi connectivity index (χ1) is 12.8. The molecule has 3 aromatic heterocycles. The molecule has 1 amide bonds. The molecule has 0 atom stereocenters. The number of amides is 1. The fourth-order valence-corrected chi connectivity index (χ4v) is 3.05. The van der Waals surface area contributed by atoms with Crippen molar-refractivity contribution in [1.82, 2.24) is 19.9 Å². The van der Waals surface area contributed by atoms with Gasteiger partial charge in [-0.3, -0.25) is 14.8 Å². The van der Waals surface area contributed by atoms with Gasteiger partial charge in [0.2, 0.25) is 0 Å². The van der Waals surface area contributed by atoms with Crippen molar-refractivity contribution in [3.63, 3.8) is 0 Å². The van der Waals surface area contributed by atoms with E-state index < -0.39 is 0 Å². The molecule has 130 valence electrons. The molecule has 6 heteroatoms. The van der Waals surface area contributed by atoms with Crippen LogP contribution >= 0.6 is 0 Å². The minimum absolute atomic E-state index is 0.0192. The Balaban J connectivity index is 1.41. The molecule has 0 aliphatic carbocycles. The van der Waals surface area contributed by atoms with Gasteiger partial charge in [-0.05, 0) is 36.4 Å². The number of rotatable bonds is 3. The lowest BCUT2D eigenvalue weighted by atomic mass is 10.2. The van der Waals surface area contributed by atoms with Gasteiger partial charge in [0.15, 0.2) is 0 Å². The third-order valence-corrected chi connectivity index (χ3v) is 4.48. The number of aromatic nitrogens is 3. The van der Waals surface area contributed by atoms with Gasteiger partial charge in [0, 0.05) is 44.8 Å². The zero-order valence-electron chi connectivity index (χ0n) is 14.3. The van der Waals surface area contributed by atoms with Crippen LogP contribution in [0.25, 0.3) is 11.4 Å². The molecule has 1 saturated heterocycles. The molecule has 3 aromatic rings. The van der Waals surface area contributed by atoms with Crippen molar-refractivity contribution in [3.05, 3.63) is 72.7 Å². The van der Waals surface area contributed by atoms with Gasteiger partial charge < -0.3 is 9.80 Å². The summed E-state index contributed by atoms with van der Waals surface area (Å²) < 4.78 is 0. The van der Waals surface area contributed by atoms with Crippen LogP contribution < -0.4 is 4.90 Å². The average molecular weight is 345 g/mol. The summed E-state index contributed by atoms with van der Waals surface area (Å²) in [6.07, 6.45) is 5.16. The molecule has 0 radical (unpaired) electrons.